The number of thiocarbonyl (C=S) groups is 1. The van der Waals surface area contributed by atoms with Gasteiger partial charge in [0, 0.05) is 49.5 Å². The summed E-state index contributed by atoms with van der Waals surface area (Å²) in [5, 5.41) is 4.13. The first kappa shape index (κ1) is 18.6. The third-order valence-corrected chi connectivity index (χ3v) is 4.93. The standard InChI is InChI=1S/C20H27N5S/c1-14(2)19-21-16(4)13-18(23-19)24-9-11-25(12-10-24)20(26)22-17-7-5-15(3)6-8-17/h5-8,13-14H,9-12H2,1-4H3,(H,22,26). The first-order chi connectivity index (χ1) is 12.4. The summed E-state index contributed by atoms with van der Waals surface area (Å²) in [7, 11) is 0. The van der Waals surface area contributed by atoms with Crippen LogP contribution in [-0.2, 0) is 0 Å². The quantitative estimate of drug-likeness (QED) is 0.832. The lowest BCUT2D eigenvalue weighted by Crippen LogP contribution is -2.50. The predicted molar refractivity (Wildman–Crippen MR) is 112 cm³/mol. The maximum absolute atomic E-state index is 5.59. The minimum Gasteiger partial charge on any atom is -0.353 e. The second kappa shape index (κ2) is 7.99. The van der Waals surface area contributed by atoms with E-state index in [1.807, 2.05) is 6.92 Å². The molecule has 1 saturated heterocycles. The molecule has 0 aliphatic carbocycles. The second-order valence-corrected chi connectivity index (χ2v) is 7.54. The molecule has 5 nitrogen and oxygen atoms in total. The average Bonchev–Trinajstić information content (AvgIpc) is 2.63. The van der Waals surface area contributed by atoms with Crippen molar-refractivity contribution in [3.05, 3.63) is 47.4 Å². The number of nitrogens with one attached hydrogen (secondary N) is 1. The second-order valence-electron chi connectivity index (χ2n) is 7.15. The van der Waals surface area contributed by atoms with Crippen molar-refractivity contribution in [2.24, 2.45) is 0 Å². The number of nitrogens with zero attached hydrogens (tertiary/aromatic N) is 4. The molecule has 1 aromatic heterocycles. The summed E-state index contributed by atoms with van der Waals surface area (Å²) in [4.78, 5) is 13.8. The summed E-state index contributed by atoms with van der Waals surface area (Å²) in [5.41, 5.74) is 3.31. The molecule has 1 fully saturated rings. The van der Waals surface area contributed by atoms with Gasteiger partial charge in [0.15, 0.2) is 5.11 Å². The Morgan fingerprint density at radius 3 is 2.31 bits per heavy atom. The van der Waals surface area contributed by atoms with Crippen molar-refractivity contribution in [3.63, 3.8) is 0 Å². The first-order valence-electron chi connectivity index (χ1n) is 9.15. The van der Waals surface area contributed by atoms with E-state index in [1.165, 1.54) is 5.56 Å². The van der Waals surface area contributed by atoms with Gasteiger partial charge in [0.05, 0.1) is 0 Å². The van der Waals surface area contributed by atoms with Crippen LogP contribution in [0.4, 0.5) is 11.5 Å². The molecule has 3 rings (SSSR count). The van der Waals surface area contributed by atoms with Crippen LogP contribution in [-0.4, -0.2) is 46.2 Å². The summed E-state index contributed by atoms with van der Waals surface area (Å²) < 4.78 is 0. The van der Waals surface area contributed by atoms with E-state index < -0.39 is 0 Å². The van der Waals surface area contributed by atoms with Gasteiger partial charge in [-0.1, -0.05) is 31.5 Å². The zero-order valence-corrected chi connectivity index (χ0v) is 16.8. The van der Waals surface area contributed by atoms with Gasteiger partial charge in [-0.3, -0.25) is 0 Å². The Balaban J connectivity index is 1.60. The SMILES string of the molecule is Cc1ccc(NC(=S)N2CCN(c3cc(C)nc(C(C)C)n3)CC2)cc1. The number of aromatic nitrogens is 2. The van der Waals surface area contributed by atoms with Gasteiger partial charge in [-0.2, -0.15) is 0 Å². The van der Waals surface area contributed by atoms with Gasteiger partial charge in [0.25, 0.3) is 0 Å². The Kier molecular flexibility index (Phi) is 5.71. The Bertz CT molecular complexity index is 764. The third-order valence-electron chi connectivity index (χ3n) is 4.57. The minimum atomic E-state index is 0.334. The van der Waals surface area contributed by atoms with Crippen LogP contribution in [0.2, 0.25) is 0 Å². The molecule has 2 heterocycles. The Hall–Kier alpha value is -2.21. The number of hydrogen-bond donors (Lipinski definition) is 1. The topological polar surface area (TPSA) is 44.3 Å². The van der Waals surface area contributed by atoms with Gasteiger partial charge in [-0.25, -0.2) is 9.97 Å². The van der Waals surface area contributed by atoms with E-state index in [1.54, 1.807) is 0 Å². The van der Waals surface area contributed by atoms with Gasteiger partial charge in [-0.05, 0) is 38.2 Å². The maximum atomic E-state index is 5.59. The molecule has 0 spiro atoms. The van der Waals surface area contributed by atoms with Crippen LogP contribution in [0, 0.1) is 13.8 Å². The highest BCUT2D eigenvalue weighted by atomic mass is 32.1. The molecule has 1 aromatic carbocycles. The summed E-state index contributed by atoms with van der Waals surface area (Å²) >= 11 is 5.59. The van der Waals surface area contributed by atoms with E-state index in [2.05, 4.69) is 71.2 Å². The molecule has 0 radical (unpaired) electrons. The number of aryl methyl sites for hydroxylation is 2. The van der Waals surface area contributed by atoms with Crippen LogP contribution < -0.4 is 10.2 Å². The van der Waals surface area contributed by atoms with Gasteiger partial charge in [0.1, 0.15) is 11.6 Å². The van der Waals surface area contributed by atoms with Crippen LogP contribution in [0.3, 0.4) is 0 Å². The monoisotopic (exact) mass is 369 g/mol. The largest absolute Gasteiger partial charge is 0.353 e. The van der Waals surface area contributed by atoms with E-state index in [9.17, 15) is 0 Å². The molecule has 26 heavy (non-hydrogen) atoms. The molecule has 0 amide bonds. The normalized spacial score (nSPS) is 14.7. The fourth-order valence-corrected chi connectivity index (χ4v) is 3.27. The van der Waals surface area contributed by atoms with Crippen LogP contribution in [0.5, 0.6) is 0 Å². The zero-order chi connectivity index (χ0) is 18.7. The minimum absolute atomic E-state index is 0.334. The van der Waals surface area contributed by atoms with E-state index >= 15 is 0 Å². The van der Waals surface area contributed by atoms with Crippen molar-refractivity contribution >= 4 is 28.8 Å². The van der Waals surface area contributed by atoms with Gasteiger partial charge >= 0.3 is 0 Å². The molecule has 0 unspecified atom stereocenters. The maximum Gasteiger partial charge on any atom is 0.173 e. The van der Waals surface area contributed by atoms with E-state index in [0.717, 1.165) is 54.3 Å². The Morgan fingerprint density at radius 2 is 1.69 bits per heavy atom. The van der Waals surface area contributed by atoms with Crippen molar-refractivity contribution < 1.29 is 0 Å². The number of anilines is 2. The van der Waals surface area contributed by atoms with Crippen LogP contribution in [0.15, 0.2) is 30.3 Å². The Morgan fingerprint density at radius 1 is 1.04 bits per heavy atom. The molecule has 0 bridgehead atoms. The third kappa shape index (κ3) is 4.49. The first-order valence-corrected chi connectivity index (χ1v) is 9.56. The molecule has 2 aromatic rings. The van der Waals surface area contributed by atoms with Crippen LogP contribution in [0.25, 0.3) is 0 Å². The average molecular weight is 370 g/mol. The molecular weight excluding hydrogens is 342 g/mol. The summed E-state index contributed by atoms with van der Waals surface area (Å²) in [6.45, 7) is 12.0. The molecule has 0 atom stereocenters. The fraction of sp³-hybridized carbons (Fsp3) is 0.450. The molecule has 0 saturated carbocycles. The van der Waals surface area contributed by atoms with E-state index in [-0.39, 0.29) is 0 Å². The highest BCUT2D eigenvalue weighted by molar-refractivity contribution is 7.80. The molecule has 1 aliphatic heterocycles. The summed E-state index contributed by atoms with van der Waals surface area (Å²) in [6, 6.07) is 10.4. The number of piperazine rings is 1. The van der Waals surface area contributed by atoms with Crippen molar-refractivity contribution in [2.45, 2.75) is 33.6 Å². The van der Waals surface area contributed by atoms with E-state index in [0.29, 0.717) is 5.92 Å². The smallest absolute Gasteiger partial charge is 0.173 e. The van der Waals surface area contributed by atoms with E-state index in [4.69, 9.17) is 17.2 Å². The summed E-state index contributed by atoms with van der Waals surface area (Å²) in [5.74, 6) is 2.28. The number of benzene rings is 1. The van der Waals surface area contributed by atoms with Gasteiger partial charge in [0.2, 0.25) is 0 Å². The lowest BCUT2D eigenvalue weighted by Gasteiger charge is -2.37. The molecular formula is C20H27N5S. The number of hydrogen-bond acceptors (Lipinski definition) is 4. The fourth-order valence-electron chi connectivity index (χ4n) is 2.97. The molecule has 1 aliphatic rings. The molecule has 6 heteroatoms. The van der Waals surface area contributed by atoms with Crippen LogP contribution >= 0.6 is 12.2 Å². The highest BCUT2D eigenvalue weighted by Crippen LogP contribution is 2.19. The lowest BCUT2D eigenvalue weighted by atomic mass is 10.2. The van der Waals surface area contributed by atoms with Crippen molar-refractivity contribution in [3.8, 4) is 0 Å². The highest BCUT2D eigenvalue weighted by Gasteiger charge is 2.21. The predicted octanol–water partition coefficient (Wildman–Crippen LogP) is 3.74. The zero-order valence-electron chi connectivity index (χ0n) is 16.0. The summed E-state index contributed by atoms with van der Waals surface area (Å²) in [6.07, 6.45) is 0. The van der Waals surface area contributed by atoms with Gasteiger partial charge in [-0.15, -0.1) is 0 Å². The Labute approximate surface area is 161 Å². The molecule has 1 N–H and O–H groups in total. The number of rotatable bonds is 3. The van der Waals surface area contributed by atoms with Gasteiger partial charge < -0.3 is 15.1 Å². The van der Waals surface area contributed by atoms with Crippen molar-refractivity contribution in [1.29, 1.82) is 0 Å². The van der Waals surface area contributed by atoms with Crippen molar-refractivity contribution in [1.82, 2.24) is 14.9 Å². The van der Waals surface area contributed by atoms with Crippen molar-refractivity contribution in [2.75, 3.05) is 36.4 Å². The molecule has 138 valence electrons. The lowest BCUT2D eigenvalue weighted by molar-refractivity contribution is 0.389. The van der Waals surface area contributed by atoms with Crippen LogP contribution in [0.1, 0.15) is 36.8 Å².